The molecule has 0 amide bonds. The number of carbonyl (C=O) groups excluding carboxylic acids is 2. The van der Waals surface area contributed by atoms with Crippen LogP contribution in [0.15, 0.2) is 12.2 Å². The van der Waals surface area contributed by atoms with Crippen LogP contribution in [0.5, 0.6) is 0 Å². The van der Waals surface area contributed by atoms with E-state index in [2.05, 4.69) is 4.89 Å². The summed E-state index contributed by atoms with van der Waals surface area (Å²) in [6.45, 7) is 3.21. The molecule has 0 aromatic carbocycles. The molecule has 0 radical (unpaired) electrons. The largest absolute Gasteiger partial charge is 0.469 e. The van der Waals surface area contributed by atoms with Crippen molar-refractivity contribution in [2.45, 2.75) is 31.1 Å². The molecule has 1 N–H and O–H groups in total. The first-order valence-corrected chi connectivity index (χ1v) is 7.31. The van der Waals surface area contributed by atoms with Crippen molar-refractivity contribution >= 4 is 23.7 Å². The van der Waals surface area contributed by atoms with E-state index in [1.54, 1.807) is 6.92 Å². The number of carbonyl (C=O) groups is 2. The normalized spacial score (nSPS) is 29.0. The van der Waals surface area contributed by atoms with Crippen LogP contribution in [0.4, 0.5) is 0 Å². The van der Waals surface area contributed by atoms with Crippen LogP contribution in [0.1, 0.15) is 20.3 Å². The molecule has 7 heteroatoms. The molecule has 0 fully saturated rings. The fraction of sp³-hybridized carbons (Fsp3) is 0.692. The van der Waals surface area contributed by atoms with Crippen molar-refractivity contribution in [2.75, 3.05) is 19.5 Å². The number of rotatable bonds is 6. The lowest BCUT2D eigenvalue weighted by atomic mass is 9.79. The zero-order valence-electron chi connectivity index (χ0n) is 11.8. The van der Waals surface area contributed by atoms with Crippen molar-refractivity contribution in [1.29, 1.82) is 0 Å². The van der Waals surface area contributed by atoms with E-state index in [1.807, 2.05) is 12.2 Å². The molecule has 0 aromatic heterocycles. The van der Waals surface area contributed by atoms with Crippen molar-refractivity contribution in [3.05, 3.63) is 12.2 Å². The predicted octanol–water partition coefficient (Wildman–Crippen LogP) is 1.65. The molecule has 0 bridgehead atoms. The summed E-state index contributed by atoms with van der Waals surface area (Å²) in [6.07, 6.45) is 4.24. The Bertz CT molecular complexity index is 383. The third-order valence-electron chi connectivity index (χ3n) is 3.15. The monoisotopic (exact) mass is 304 g/mol. The Kier molecular flexibility index (Phi) is 6.51. The van der Waals surface area contributed by atoms with Gasteiger partial charge in [-0.15, -0.1) is 0 Å². The number of thioether (sulfide) groups is 1. The fourth-order valence-corrected chi connectivity index (χ4v) is 3.60. The summed E-state index contributed by atoms with van der Waals surface area (Å²) in [5.74, 6) is -0.931. The van der Waals surface area contributed by atoms with Crippen molar-refractivity contribution in [2.24, 2.45) is 5.92 Å². The Balaban J connectivity index is 2.92. The van der Waals surface area contributed by atoms with Gasteiger partial charge >= 0.3 is 11.9 Å². The molecule has 1 rings (SSSR count). The fourth-order valence-electron chi connectivity index (χ4n) is 2.34. The second-order valence-electron chi connectivity index (χ2n) is 4.71. The molecule has 3 unspecified atom stereocenters. The van der Waals surface area contributed by atoms with Crippen molar-refractivity contribution in [3.8, 4) is 0 Å². The maximum Gasteiger partial charge on any atom is 0.314 e. The highest BCUT2D eigenvalue weighted by Crippen LogP contribution is 2.39. The highest BCUT2D eigenvalue weighted by atomic mass is 32.2. The van der Waals surface area contributed by atoms with E-state index in [1.165, 1.54) is 25.8 Å². The summed E-state index contributed by atoms with van der Waals surface area (Å²) in [5, 5.41) is 8.15. The van der Waals surface area contributed by atoms with E-state index in [4.69, 9.17) is 14.7 Å². The Hall–Kier alpha value is -1.05. The minimum absolute atomic E-state index is 0.160. The standard InChI is InChI=1S/C13H20O6S/c1-9(14)19-13(2)6-4-5-10(20-8-7-18-16)11(13)12(15)17-3/h4-5,10-11,16H,6-8H2,1-3H3. The van der Waals surface area contributed by atoms with Gasteiger partial charge in [0.1, 0.15) is 11.5 Å². The van der Waals surface area contributed by atoms with Gasteiger partial charge in [0.05, 0.1) is 13.7 Å². The maximum absolute atomic E-state index is 12.1. The van der Waals surface area contributed by atoms with Crippen LogP contribution >= 0.6 is 11.8 Å². The van der Waals surface area contributed by atoms with Gasteiger partial charge in [-0.3, -0.25) is 14.8 Å². The molecule has 0 aromatic rings. The third kappa shape index (κ3) is 4.22. The minimum atomic E-state index is -0.925. The van der Waals surface area contributed by atoms with Crippen molar-refractivity contribution < 1.29 is 29.2 Å². The molecule has 0 saturated carbocycles. The lowest BCUT2D eigenvalue weighted by Gasteiger charge is -2.40. The molecule has 0 spiro atoms. The van der Waals surface area contributed by atoms with E-state index in [0.29, 0.717) is 12.2 Å². The average Bonchev–Trinajstić information content (AvgIpc) is 2.37. The van der Waals surface area contributed by atoms with Gasteiger partial charge < -0.3 is 9.47 Å². The van der Waals surface area contributed by atoms with Gasteiger partial charge in [-0.2, -0.15) is 11.8 Å². The molecule has 0 saturated heterocycles. The summed E-state index contributed by atoms with van der Waals surface area (Å²) >= 11 is 1.44. The van der Waals surface area contributed by atoms with Crippen LogP contribution < -0.4 is 0 Å². The molecule has 114 valence electrons. The van der Waals surface area contributed by atoms with Crippen LogP contribution in [0, 0.1) is 5.92 Å². The molecular formula is C13H20O6S. The highest BCUT2D eigenvalue weighted by Gasteiger charge is 2.48. The zero-order chi connectivity index (χ0) is 15.2. The smallest absolute Gasteiger partial charge is 0.314 e. The van der Waals surface area contributed by atoms with Gasteiger partial charge in [-0.05, 0) is 6.92 Å². The third-order valence-corrected chi connectivity index (χ3v) is 4.37. The number of hydrogen-bond donors (Lipinski definition) is 1. The van der Waals surface area contributed by atoms with Gasteiger partial charge in [-0.25, -0.2) is 4.89 Å². The van der Waals surface area contributed by atoms with Crippen LogP contribution in [0.25, 0.3) is 0 Å². The summed E-state index contributed by atoms with van der Waals surface area (Å²) < 4.78 is 10.2. The Labute approximate surface area is 122 Å². The topological polar surface area (TPSA) is 82.1 Å². The summed E-state index contributed by atoms with van der Waals surface area (Å²) in [7, 11) is 1.31. The van der Waals surface area contributed by atoms with E-state index in [0.717, 1.165) is 0 Å². The van der Waals surface area contributed by atoms with Crippen LogP contribution in [0.3, 0.4) is 0 Å². The predicted molar refractivity (Wildman–Crippen MR) is 74.3 cm³/mol. The first kappa shape index (κ1) is 17.0. The Morgan fingerprint density at radius 2 is 2.20 bits per heavy atom. The van der Waals surface area contributed by atoms with E-state index < -0.39 is 23.5 Å². The average molecular weight is 304 g/mol. The molecule has 0 heterocycles. The number of ether oxygens (including phenoxy) is 2. The quantitative estimate of drug-likeness (QED) is 0.263. The van der Waals surface area contributed by atoms with Crippen molar-refractivity contribution in [3.63, 3.8) is 0 Å². The van der Waals surface area contributed by atoms with Gasteiger partial charge in [-0.1, -0.05) is 12.2 Å². The van der Waals surface area contributed by atoms with Crippen LogP contribution in [-0.2, 0) is 24.0 Å². The highest BCUT2D eigenvalue weighted by molar-refractivity contribution is 8.00. The second kappa shape index (κ2) is 7.66. The lowest BCUT2D eigenvalue weighted by Crippen LogP contribution is -2.50. The first-order chi connectivity index (χ1) is 9.44. The Morgan fingerprint density at radius 1 is 1.50 bits per heavy atom. The molecule has 1 aliphatic rings. The lowest BCUT2D eigenvalue weighted by molar-refractivity contribution is -0.236. The molecule has 20 heavy (non-hydrogen) atoms. The molecule has 6 nitrogen and oxygen atoms in total. The van der Waals surface area contributed by atoms with E-state index in [-0.39, 0.29) is 11.9 Å². The first-order valence-electron chi connectivity index (χ1n) is 6.26. The Morgan fingerprint density at radius 3 is 2.75 bits per heavy atom. The van der Waals surface area contributed by atoms with E-state index >= 15 is 0 Å². The van der Waals surface area contributed by atoms with Crippen LogP contribution in [-0.4, -0.2) is 47.5 Å². The molecule has 0 aliphatic heterocycles. The summed E-state index contributed by atoms with van der Waals surface area (Å²) in [4.78, 5) is 27.4. The van der Waals surface area contributed by atoms with Gasteiger partial charge in [0, 0.05) is 24.3 Å². The minimum Gasteiger partial charge on any atom is -0.469 e. The van der Waals surface area contributed by atoms with Gasteiger partial charge in [0.2, 0.25) is 0 Å². The summed E-state index contributed by atoms with van der Waals surface area (Å²) in [5.41, 5.74) is -0.925. The van der Waals surface area contributed by atoms with Gasteiger partial charge in [0.15, 0.2) is 0 Å². The zero-order valence-corrected chi connectivity index (χ0v) is 12.6. The van der Waals surface area contributed by atoms with Crippen molar-refractivity contribution in [1.82, 2.24) is 0 Å². The SMILES string of the molecule is COC(=O)C1C(SCCOO)C=CCC1(C)OC(C)=O. The number of esters is 2. The summed E-state index contributed by atoms with van der Waals surface area (Å²) in [6, 6.07) is 0. The molecular weight excluding hydrogens is 284 g/mol. The molecule has 3 atom stereocenters. The van der Waals surface area contributed by atoms with E-state index in [9.17, 15) is 9.59 Å². The second-order valence-corrected chi connectivity index (χ2v) is 5.99. The molecule has 1 aliphatic carbocycles. The number of hydrogen-bond acceptors (Lipinski definition) is 7. The number of methoxy groups -OCH3 is 1. The van der Waals surface area contributed by atoms with Gasteiger partial charge in [0.25, 0.3) is 0 Å². The van der Waals surface area contributed by atoms with Crippen LogP contribution in [0.2, 0.25) is 0 Å². The maximum atomic E-state index is 12.1.